The fourth-order valence-electron chi connectivity index (χ4n) is 2.53. The number of halogens is 1. The minimum Gasteiger partial charge on any atom is -0.383 e. The molecule has 2 aromatic carbocycles. The lowest BCUT2D eigenvalue weighted by atomic mass is 10.1. The van der Waals surface area contributed by atoms with Gasteiger partial charge in [0.1, 0.15) is 5.82 Å². The average molecular weight is 256 g/mol. The molecule has 0 radical (unpaired) electrons. The van der Waals surface area contributed by atoms with Gasteiger partial charge in [-0.15, -0.1) is 0 Å². The van der Waals surface area contributed by atoms with E-state index in [4.69, 9.17) is 0 Å². The van der Waals surface area contributed by atoms with E-state index in [-0.39, 0.29) is 5.82 Å². The van der Waals surface area contributed by atoms with Crippen LogP contribution in [0, 0.1) is 5.82 Å². The molecule has 1 heterocycles. The molecule has 0 saturated heterocycles. The number of hydrogen-bond acceptors (Lipinski definition) is 2. The maximum Gasteiger partial charge on any atom is 0.125 e. The normalized spacial score (nSPS) is 15.1. The van der Waals surface area contributed by atoms with Gasteiger partial charge in [0.25, 0.3) is 0 Å². The van der Waals surface area contributed by atoms with Gasteiger partial charge in [-0.05, 0) is 36.2 Å². The van der Waals surface area contributed by atoms with Crippen LogP contribution in [0.4, 0.5) is 15.8 Å². The summed E-state index contributed by atoms with van der Waals surface area (Å²) in [6, 6.07) is 15.2. The van der Waals surface area contributed by atoms with Gasteiger partial charge in [0.05, 0.1) is 0 Å². The summed E-state index contributed by atoms with van der Waals surface area (Å²) in [5.74, 6) is -0.173. The molecule has 3 rings (SSSR count). The van der Waals surface area contributed by atoms with Crippen molar-refractivity contribution in [3.05, 3.63) is 59.9 Å². The maximum absolute atomic E-state index is 13.3. The fourth-order valence-corrected chi connectivity index (χ4v) is 2.53. The van der Waals surface area contributed by atoms with Gasteiger partial charge in [-0.1, -0.05) is 24.3 Å². The minimum absolute atomic E-state index is 0.173. The van der Waals surface area contributed by atoms with Crippen LogP contribution in [0.25, 0.3) is 0 Å². The molecule has 0 amide bonds. The van der Waals surface area contributed by atoms with Crippen molar-refractivity contribution < 1.29 is 4.39 Å². The highest BCUT2D eigenvalue weighted by molar-refractivity contribution is 5.54. The van der Waals surface area contributed by atoms with Crippen LogP contribution in [0.2, 0.25) is 0 Å². The lowest BCUT2D eigenvalue weighted by Gasteiger charge is -2.28. The van der Waals surface area contributed by atoms with Crippen LogP contribution in [0.1, 0.15) is 5.56 Å². The van der Waals surface area contributed by atoms with Crippen molar-refractivity contribution >= 4 is 11.4 Å². The molecule has 1 N–H and O–H groups in total. The Bertz CT molecular complexity index is 568. The third-order valence-corrected chi connectivity index (χ3v) is 3.54. The smallest absolute Gasteiger partial charge is 0.125 e. The van der Waals surface area contributed by atoms with Gasteiger partial charge in [-0.2, -0.15) is 0 Å². The number of benzene rings is 2. The quantitative estimate of drug-likeness (QED) is 0.842. The second-order valence-electron chi connectivity index (χ2n) is 4.80. The topological polar surface area (TPSA) is 15.3 Å². The molecule has 3 heteroatoms. The molecular formula is C16H17FN2. The van der Waals surface area contributed by atoms with Crippen LogP contribution in [-0.4, -0.2) is 19.6 Å². The highest BCUT2D eigenvalue weighted by Crippen LogP contribution is 2.21. The molecule has 0 spiro atoms. The third kappa shape index (κ3) is 2.70. The minimum atomic E-state index is -0.173. The fraction of sp³-hybridized carbons (Fsp3) is 0.250. The summed E-state index contributed by atoms with van der Waals surface area (Å²) in [6.07, 6.45) is 0.972. The van der Waals surface area contributed by atoms with E-state index in [0.717, 1.165) is 31.7 Å². The van der Waals surface area contributed by atoms with Crippen molar-refractivity contribution in [2.45, 2.75) is 6.42 Å². The van der Waals surface area contributed by atoms with Crippen molar-refractivity contribution in [3.63, 3.8) is 0 Å². The largest absolute Gasteiger partial charge is 0.383 e. The molecule has 0 saturated carbocycles. The van der Waals surface area contributed by atoms with Gasteiger partial charge in [0.2, 0.25) is 0 Å². The van der Waals surface area contributed by atoms with Crippen molar-refractivity contribution in [1.82, 2.24) is 0 Å². The summed E-state index contributed by atoms with van der Waals surface area (Å²) in [4.78, 5) is 2.23. The Morgan fingerprint density at radius 2 is 1.89 bits per heavy atom. The summed E-state index contributed by atoms with van der Waals surface area (Å²) in [5.41, 5.74) is 3.51. The molecule has 0 fully saturated rings. The predicted molar refractivity (Wildman–Crippen MR) is 77.2 cm³/mol. The zero-order chi connectivity index (χ0) is 13.1. The van der Waals surface area contributed by atoms with Gasteiger partial charge in [-0.25, -0.2) is 4.39 Å². The Labute approximate surface area is 112 Å². The summed E-state index contributed by atoms with van der Waals surface area (Å²) >= 11 is 0. The van der Waals surface area contributed by atoms with Crippen molar-refractivity contribution in [2.75, 3.05) is 29.9 Å². The van der Waals surface area contributed by atoms with Crippen LogP contribution in [0.3, 0.4) is 0 Å². The molecule has 2 aromatic rings. The van der Waals surface area contributed by atoms with Gasteiger partial charge in [-0.3, -0.25) is 0 Å². The molecule has 0 aromatic heterocycles. The van der Waals surface area contributed by atoms with Crippen LogP contribution >= 0.6 is 0 Å². The second-order valence-corrected chi connectivity index (χ2v) is 4.80. The van der Waals surface area contributed by atoms with E-state index >= 15 is 0 Å². The van der Waals surface area contributed by atoms with E-state index < -0.39 is 0 Å². The first-order valence-electron chi connectivity index (χ1n) is 6.65. The Morgan fingerprint density at radius 1 is 1.00 bits per heavy atom. The van der Waals surface area contributed by atoms with E-state index in [9.17, 15) is 4.39 Å². The monoisotopic (exact) mass is 256 g/mol. The van der Waals surface area contributed by atoms with Crippen LogP contribution in [0.5, 0.6) is 0 Å². The predicted octanol–water partition coefficient (Wildman–Crippen LogP) is 3.30. The Morgan fingerprint density at radius 3 is 2.79 bits per heavy atom. The molecule has 0 bridgehead atoms. The highest BCUT2D eigenvalue weighted by Gasteiger charge is 2.12. The SMILES string of the molecule is Fc1cccc(N2CCNc3ccccc3CC2)c1. The number of hydrogen-bond donors (Lipinski definition) is 1. The van der Waals surface area contributed by atoms with Gasteiger partial charge in [0, 0.05) is 31.0 Å². The van der Waals surface area contributed by atoms with Crippen molar-refractivity contribution in [1.29, 1.82) is 0 Å². The number of nitrogens with zero attached hydrogens (tertiary/aromatic N) is 1. The average Bonchev–Trinajstić information content (AvgIpc) is 2.40. The second kappa shape index (κ2) is 5.31. The third-order valence-electron chi connectivity index (χ3n) is 3.54. The number of para-hydroxylation sites is 1. The number of rotatable bonds is 1. The zero-order valence-electron chi connectivity index (χ0n) is 10.8. The van der Waals surface area contributed by atoms with E-state index in [1.165, 1.54) is 17.3 Å². The van der Waals surface area contributed by atoms with Crippen LogP contribution in [-0.2, 0) is 6.42 Å². The Kier molecular flexibility index (Phi) is 3.36. The summed E-state index contributed by atoms with van der Waals surface area (Å²) in [5, 5.41) is 3.44. The maximum atomic E-state index is 13.3. The molecule has 0 unspecified atom stereocenters. The van der Waals surface area contributed by atoms with E-state index in [0.29, 0.717) is 0 Å². The molecule has 19 heavy (non-hydrogen) atoms. The lowest BCUT2D eigenvalue weighted by molar-refractivity contribution is 0.626. The Balaban J connectivity index is 1.81. The van der Waals surface area contributed by atoms with Gasteiger partial charge in [0.15, 0.2) is 0 Å². The van der Waals surface area contributed by atoms with E-state index in [1.807, 2.05) is 6.07 Å². The first kappa shape index (κ1) is 12.0. The molecule has 1 aliphatic rings. The summed E-state index contributed by atoms with van der Waals surface area (Å²) in [6.45, 7) is 2.67. The molecule has 1 aliphatic heterocycles. The van der Waals surface area contributed by atoms with Gasteiger partial charge < -0.3 is 10.2 Å². The first-order valence-corrected chi connectivity index (χ1v) is 6.65. The number of anilines is 2. The molecule has 0 atom stereocenters. The summed E-state index contributed by atoms with van der Waals surface area (Å²) < 4.78 is 13.3. The van der Waals surface area contributed by atoms with Crippen LogP contribution in [0.15, 0.2) is 48.5 Å². The number of fused-ring (bicyclic) bond motifs is 1. The molecule has 2 nitrogen and oxygen atoms in total. The zero-order valence-corrected chi connectivity index (χ0v) is 10.8. The standard InChI is InChI=1S/C16H17FN2/c17-14-5-3-6-15(12-14)19-10-8-13-4-1-2-7-16(13)18-9-11-19/h1-7,12,18H,8-11H2. The van der Waals surface area contributed by atoms with Crippen molar-refractivity contribution in [3.8, 4) is 0 Å². The highest BCUT2D eigenvalue weighted by atomic mass is 19.1. The first-order chi connectivity index (χ1) is 9.33. The van der Waals surface area contributed by atoms with Gasteiger partial charge >= 0.3 is 0 Å². The van der Waals surface area contributed by atoms with Crippen molar-refractivity contribution in [2.24, 2.45) is 0 Å². The molecule has 0 aliphatic carbocycles. The molecular weight excluding hydrogens is 239 g/mol. The Hall–Kier alpha value is -2.03. The summed E-state index contributed by atoms with van der Waals surface area (Å²) in [7, 11) is 0. The lowest BCUT2D eigenvalue weighted by Crippen LogP contribution is -2.33. The van der Waals surface area contributed by atoms with E-state index in [2.05, 4.69) is 34.5 Å². The number of nitrogens with one attached hydrogen (secondary N) is 1. The van der Waals surface area contributed by atoms with E-state index in [1.54, 1.807) is 12.1 Å². The molecule has 98 valence electrons. The van der Waals surface area contributed by atoms with Crippen LogP contribution < -0.4 is 10.2 Å².